The highest BCUT2D eigenvalue weighted by Gasteiger charge is 2.35. The number of thioether (sulfide) groups is 1. The van der Waals surface area contributed by atoms with Gasteiger partial charge in [0, 0.05) is 16.8 Å². The molecular formula is C20H33N3O3S. The van der Waals surface area contributed by atoms with E-state index < -0.39 is 5.54 Å². The molecule has 3 rings (SSSR count). The van der Waals surface area contributed by atoms with Gasteiger partial charge in [-0.3, -0.25) is 4.79 Å². The minimum Gasteiger partial charge on any atom is -0.473 e. The van der Waals surface area contributed by atoms with E-state index in [0.717, 1.165) is 12.3 Å². The van der Waals surface area contributed by atoms with E-state index in [-0.39, 0.29) is 23.0 Å². The van der Waals surface area contributed by atoms with Gasteiger partial charge in [0.25, 0.3) is 11.8 Å². The summed E-state index contributed by atoms with van der Waals surface area (Å²) in [6, 6.07) is 0.239. The van der Waals surface area contributed by atoms with Gasteiger partial charge >= 0.3 is 0 Å². The Kier molecular flexibility index (Phi) is 6.41. The van der Waals surface area contributed by atoms with Crippen molar-refractivity contribution in [3.63, 3.8) is 0 Å². The van der Waals surface area contributed by atoms with Gasteiger partial charge in [-0.2, -0.15) is 0 Å². The summed E-state index contributed by atoms with van der Waals surface area (Å²) in [7, 11) is 0. The van der Waals surface area contributed by atoms with Crippen LogP contribution in [0.2, 0.25) is 0 Å². The first kappa shape index (κ1) is 20.5. The Morgan fingerprint density at radius 3 is 2.85 bits per heavy atom. The van der Waals surface area contributed by atoms with Gasteiger partial charge in [-0.25, -0.2) is 0 Å². The van der Waals surface area contributed by atoms with E-state index in [0.29, 0.717) is 23.3 Å². The Morgan fingerprint density at radius 2 is 2.15 bits per heavy atom. The van der Waals surface area contributed by atoms with E-state index in [1.165, 1.54) is 43.9 Å². The second-order valence-corrected chi connectivity index (χ2v) is 10.6. The predicted octanol–water partition coefficient (Wildman–Crippen LogP) is 3.99. The molecular weight excluding hydrogens is 362 g/mol. The van der Waals surface area contributed by atoms with Crippen LogP contribution in [0, 0.1) is 11.8 Å². The molecule has 27 heavy (non-hydrogen) atoms. The van der Waals surface area contributed by atoms with Crippen LogP contribution in [0.25, 0.3) is 0 Å². The number of nitrogens with one attached hydrogen (secondary N) is 1. The molecule has 0 spiro atoms. The lowest BCUT2D eigenvalue weighted by molar-refractivity contribution is 0.0811. The number of hydrogen-bond acceptors (Lipinski definition) is 6. The molecule has 6 nitrogen and oxygen atoms in total. The van der Waals surface area contributed by atoms with Gasteiger partial charge in [-0.15, -0.1) is 11.8 Å². The standard InChI is InChI=1S/C20H33N3O3S/c1-12(2)27-17-16(26-23-19(17)25-11-20(3,4)21)18(24)22-15-9-8-13-6-5-7-14(15)10-13/h12-15H,5-11,21H2,1-4H3,(H,22,24). The van der Waals surface area contributed by atoms with Gasteiger partial charge in [-0.1, -0.05) is 26.7 Å². The quantitative estimate of drug-likeness (QED) is 0.679. The summed E-state index contributed by atoms with van der Waals surface area (Å²) in [5, 5.41) is 7.51. The van der Waals surface area contributed by atoms with E-state index in [1.54, 1.807) is 0 Å². The number of rotatable bonds is 7. The zero-order chi connectivity index (χ0) is 19.6. The molecule has 0 radical (unpaired) electrons. The highest BCUT2D eigenvalue weighted by Crippen LogP contribution is 2.40. The third-order valence-electron chi connectivity index (χ3n) is 5.36. The molecule has 2 fully saturated rings. The minimum atomic E-state index is -0.485. The zero-order valence-electron chi connectivity index (χ0n) is 16.9. The molecule has 0 aliphatic heterocycles. The lowest BCUT2D eigenvalue weighted by atomic mass is 9.70. The molecule has 7 heteroatoms. The molecule has 1 amide bonds. The number of hydrogen-bond donors (Lipinski definition) is 2. The van der Waals surface area contributed by atoms with Crippen LogP contribution in [0.15, 0.2) is 9.42 Å². The first-order valence-corrected chi connectivity index (χ1v) is 11.0. The Bertz CT molecular complexity index is 653. The molecule has 1 aromatic heterocycles. The van der Waals surface area contributed by atoms with Crippen LogP contribution >= 0.6 is 11.8 Å². The Morgan fingerprint density at radius 1 is 1.37 bits per heavy atom. The normalized spacial score (nSPS) is 25.5. The highest BCUT2D eigenvalue weighted by molar-refractivity contribution is 8.00. The number of amides is 1. The minimum absolute atomic E-state index is 0.179. The molecule has 1 heterocycles. The lowest BCUT2D eigenvalue weighted by Gasteiger charge is -2.40. The van der Waals surface area contributed by atoms with Crippen molar-refractivity contribution in [2.45, 2.75) is 87.9 Å². The van der Waals surface area contributed by atoms with Crippen molar-refractivity contribution in [2.24, 2.45) is 17.6 Å². The highest BCUT2D eigenvalue weighted by atomic mass is 32.2. The molecule has 2 aliphatic rings. The van der Waals surface area contributed by atoms with Crippen LogP contribution in [0.3, 0.4) is 0 Å². The van der Waals surface area contributed by atoms with Crippen molar-refractivity contribution in [3.8, 4) is 5.88 Å². The van der Waals surface area contributed by atoms with Gasteiger partial charge in [0.15, 0.2) is 0 Å². The van der Waals surface area contributed by atoms with Gasteiger partial charge in [0.2, 0.25) is 5.76 Å². The summed E-state index contributed by atoms with van der Waals surface area (Å²) in [5.41, 5.74) is 5.52. The summed E-state index contributed by atoms with van der Waals surface area (Å²) >= 11 is 1.53. The fraction of sp³-hybridized carbons (Fsp3) is 0.800. The first-order chi connectivity index (χ1) is 12.7. The maximum absolute atomic E-state index is 13.0. The maximum Gasteiger partial charge on any atom is 0.291 e. The summed E-state index contributed by atoms with van der Waals surface area (Å²) in [4.78, 5) is 13.6. The van der Waals surface area contributed by atoms with Crippen LogP contribution in [0.1, 0.15) is 76.8 Å². The van der Waals surface area contributed by atoms with Crippen molar-refractivity contribution >= 4 is 17.7 Å². The maximum atomic E-state index is 13.0. The SMILES string of the molecule is CC(C)Sc1c(OCC(C)(C)N)noc1C(=O)NC1CCC2CCCC1C2. The van der Waals surface area contributed by atoms with E-state index in [1.807, 2.05) is 13.8 Å². The molecule has 1 aromatic rings. The number of nitrogens with zero attached hydrogens (tertiary/aromatic N) is 1. The summed E-state index contributed by atoms with van der Waals surface area (Å²) in [6.07, 6.45) is 7.37. The lowest BCUT2D eigenvalue weighted by Crippen LogP contribution is -2.45. The third-order valence-corrected chi connectivity index (χ3v) is 6.42. The first-order valence-electron chi connectivity index (χ1n) is 10.1. The van der Waals surface area contributed by atoms with E-state index >= 15 is 0 Å². The number of nitrogens with two attached hydrogens (primary N) is 1. The third kappa shape index (κ3) is 5.41. The number of ether oxygens (including phenoxy) is 1. The Hall–Kier alpha value is -1.21. The number of carbonyl (C=O) groups excluding carboxylic acids is 1. The topological polar surface area (TPSA) is 90.4 Å². The van der Waals surface area contributed by atoms with Crippen molar-refractivity contribution in [1.29, 1.82) is 0 Å². The average Bonchev–Trinajstić information content (AvgIpc) is 2.97. The van der Waals surface area contributed by atoms with E-state index in [4.69, 9.17) is 15.0 Å². The summed E-state index contributed by atoms with van der Waals surface area (Å²) in [5.74, 6) is 1.89. The van der Waals surface area contributed by atoms with Crippen molar-refractivity contribution in [2.75, 3.05) is 6.61 Å². The largest absolute Gasteiger partial charge is 0.473 e. The number of fused-ring (bicyclic) bond motifs is 2. The molecule has 152 valence electrons. The molecule has 2 bridgehead atoms. The molecule has 2 aliphatic carbocycles. The van der Waals surface area contributed by atoms with Crippen LogP contribution in [0.5, 0.6) is 5.88 Å². The number of aromatic nitrogens is 1. The molecule has 0 saturated heterocycles. The van der Waals surface area contributed by atoms with Crippen LogP contribution in [-0.2, 0) is 0 Å². The Labute approximate surface area is 166 Å². The van der Waals surface area contributed by atoms with Crippen LogP contribution in [0.4, 0.5) is 0 Å². The fourth-order valence-corrected chi connectivity index (χ4v) is 5.04. The summed E-state index contributed by atoms with van der Waals surface area (Å²) in [6.45, 7) is 8.21. The van der Waals surface area contributed by atoms with Crippen molar-refractivity contribution in [1.82, 2.24) is 10.5 Å². The van der Waals surface area contributed by atoms with Gasteiger partial charge < -0.3 is 20.3 Å². The van der Waals surface area contributed by atoms with Gasteiger partial charge in [0.05, 0.1) is 0 Å². The molecule has 3 atom stereocenters. The van der Waals surface area contributed by atoms with Crippen LogP contribution < -0.4 is 15.8 Å². The second kappa shape index (κ2) is 8.43. The van der Waals surface area contributed by atoms with E-state index in [2.05, 4.69) is 24.3 Å². The smallest absolute Gasteiger partial charge is 0.291 e. The summed E-state index contributed by atoms with van der Waals surface area (Å²) < 4.78 is 11.2. The second-order valence-electron chi connectivity index (χ2n) is 9.04. The predicted molar refractivity (Wildman–Crippen MR) is 107 cm³/mol. The molecule has 0 aromatic carbocycles. The molecule has 3 N–H and O–H groups in total. The monoisotopic (exact) mass is 395 g/mol. The average molecular weight is 396 g/mol. The Balaban J connectivity index is 1.72. The van der Waals surface area contributed by atoms with E-state index in [9.17, 15) is 4.79 Å². The fourth-order valence-electron chi connectivity index (χ4n) is 4.13. The van der Waals surface area contributed by atoms with Crippen molar-refractivity contribution in [3.05, 3.63) is 5.76 Å². The van der Waals surface area contributed by atoms with Crippen molar-refractivity contribution < 1.29 is 14.1 Å². The molecule has 3 unspecified atom stereocenters. The van der Waals surface area contributed by atoms with Gasteiger partial charge in [-0.05, 0) is 56.5 Å². The van der Waals surface area contributed by atoms with Gasteiger partial charge in [0.1, 0.15) is 11.5 Å². The number of carbonyl (C=O) groups is 1. The zero-order valence-corrected chi connectivity index (χ0v) is 17.7. The molecule has 2 saturated carbocycles. The van der Waals surface area contributed by atoms with Crippen LogP contribution in [-0.4, -0.2) is 34.5 Å².